The van der Waals surface area contributed by atoms with Gasteiger partial charge in [0, 0.05) is 27.8 Å². The van der Waals surface area contributed by atoms with E-state index in [1.54, 1.807) is 0 Å². The van der Waals surface area contributed by atoms with Gasteiger partial charge in [-0.2, -0.15) is 0 Å². The molecule has 3 nitrogen and oxygen atoms in total. The quantitative estimate of drug-likeness (QED) is 0.376. The van der Waals surface area contributed by atoms with Crippen molar-refractivity contribution in [1.82, 2.24) is 10.2 Å². The van der Waals surface area contributed by atoms with E-state index in [4.69, 9.17) is 4.74 Å². The van der Waals surface area contributed by atoms with Crippen LogP contribution in [0, 0.1) is 5.92 Å². The summed E-state index contributed by atoms with van der Waals surface area (Å²) in [6, 6.07) is 16.7. The average molecular weight is 385 g/mol. The van der Waals surface area contributed by atoms with Crippen molar-refractivity contribution >= 4 is 18.8 Å². The molecule has 0 unspecified atom stereocenters. The molecule has 3 rings (SSSR count). The molecule has 0 aromatic heterocycles. The van der Waals surface area contributed by atoms with E-state index < -0.39 is 8.07 Å². The molecule has 1 aliphatic rings. The molecule has 2 aromatic carbocycles. The highest BCUT2D eigenvalue weighted by atomic mass is 28.3. The van der Waals surface area contributed by atoms with Crippen LogP contribution in [0.3, 0.4) is 0 Å². The van der Waals surface area contributed by atoms with Gasteiger partial charge < -0.3 is 4.74 Å². The number of hydrogen-bond acceptors (Lipinski definition) is 3. The van der Waals surface area contributed by atoms with E-state index in [1.807, 2.05) is 0 Å². The van der Waals surface area contributed by atoms with Crippen molar-refractivity contribution in [2.45, 2.75) is 45.1 Å². The maximum atomic E-state index is 5.75. The predicted octanol–water partition coefficient (Wildman–Crippen LogP) is 4.95. The van der Waals surface area contributed by atoms with E-state index in [1.165, 1.54) is 48.3 Å². The maximum Gasteiger partial charge on any atom is 0.0965 e. The molecule has 148 valence electrons. The smallest absolute Gasteiger partial charge is 0.0965 e. The largest absolute Gasteiger partial charge is 0.367 e. The molecule has 1 heterocycles. The topological polar surface area (TPSA) is 24.5 Å². The second kappa shape index (κ2) is 9.83. The standard InChI is InChI=1S/C23H36N2OSi/c1-27(2,3)16-15-26-19-24-17-20-11-13-25(14-12-20)18-22-9-6-8-21-7-4-5-10-23(21)22/h4-10,20,24H,11-19H2,1-3H3. The Labute approximate surface area is 166 Å². The van der Waals surface area contributed by atoms with Gasteiger partial charge in [0.15, 0.2) is 0 Å². The molecule has 1 N–H and O–H groups in total. The van der Waals surface area contributed by atoms with Gasteiger partial charge in [0.25, 0.3) is 0 Å². The van der Waals surface area contributed by atoms with Gasteiger partial charge in [0.05, 0.1) is 6.73 Å². The van der Waals surface area contributed by atoms with Gasteiger partial charge in [-0.1, -0.05) is 62.1 Å². The summed E-state index contributed by atoms with van der Waals surface area (Å²) in [6.07, 6.45) is 2.57. The fraction of sp³-hybridized carbons (Fsp3) is 0.565. The lowest BCUT2D eigenvalue weighted by atomic mass is 9.96. The van der Waals surface area contributed by atoms with E-state index in [0.717, 1.165) is 25.6 Å². The summed E-state index contributed by atoms with van der Waals surface area (Å²) in [5.41, 5.74) is 1.46. The van der Waals surface area contributed by atoms with Crippen molar-refractivity contribution < 1.29 is 4.74 Å². The van der Waals surface area contributed by atoms with Crippen LogP contribution >= 0.6 is 0 Å². The first-order valence-corrected chi connectivity index (χ1v) is 14.2. The molecule has 0 spiro atoms. The first-order chi connectivity index (χ1) is 13.0. The zero-order chi connectivity index (χ0) is 19.1. The van der Waals surface area contributed by atoms with Crippen LogP contribution in [0.2, 0.25) is 25.7 Å². The summed E-state index contributed by atoms with van der Waals surface area (Å²) >= 11 is 0. The van der Waals surface area contributed by atoms with E-state index >= 15 is 0 Å². The van der Waals surface area contributed by atoms with Gasteiger partial charge in [-0.25, -0.2) is 0 Å². The highest BCUT2D eigenvalue weighted by molar-refractivity contribution is 6.76. The molecular formula is C23H36N2OSi. The zero-order valence-electron chi connectivity index (χ0n) is 17.3. The van der Waals surface area contributed by atoms with Crippen LogP contribution in [-0.2, 0) is 11.3 Å². The fourth-order valence-corrected chi connectivity index (χ4v) is 4.56. The lowest BCUT2D eigenvalue weighted by Crippen LogP contribution is -2.37. The molecule has 1 fully saturated rings. The first kappa shape index (κ1) is 20.5. The van der Waals surface area contributed by atoms with Crippen LogP contribution in [0.15, 0.2) is 42.5 Å². The van der Waals surface area contributed by atoms with Crippen LogP contribution in [0.1, 0.15) is 18.4 Å². The third-order valence-electron chi connectivity index (χ3n) is 5.61. The summed E-state index contributed by atoms with van der Waals surface area (Å²) < 4.78 is 5.75. The van der Waals surface area contributed by atoms with E-state index in [9.17, 15) is 0 Å². The molecule has 0 bridgehead atoms. The molecular weight excluding hydrogens is 348 g/mol. The van der Waals surface area contributed by atoms with Crippen LogP contribution in [0.4, 0.5) is 0 Å². The SMILES string of the molecule is C[Si](C)(C)CCOCNCC1CCN(Cc2cccc3ccccc23)CC1. The third-order valence-corrected chi connectivity index (χ3v) is 7.32. The van der Waals surface area contributed by atoms with Gasteiger partial charge in [0.2, 0.25) is 0 Å². The van der Waals surface area contributed by atoms with E-state index in [0.29, 0.717) is 6.73 Å². The lowest BCUT2D eigenvalue weighted by molar-refractivity contribution is 0.115. The molecule has 2 aromatic rings. The Kier molecular flexibility index (Phi) is 7.47. The van der Waals surface area contributed by atoms with Gasteiger partial charge in [0.1, 0.15) is 0 Å². The maximum absolute atomic E-state index is 5.75. The monoisotopic (exact) mass is 384 g/mol. The van der Waals surface area contributed by atoms with Crippen LogP contribution < -0.4 is 5.32 Å². The average Bonchev–Trinajstić information content (AvgIpc) is 2.65. The summed E-state index contributed by atoms with van der Waals surface area (Å²) in [5, 5.41) is 6.26. The molecule has 0 amide bonds. The minimum Gasteiger partial charge on any atom is -0.367 e. The van der Waals surface area contributed by atoms with Crippen molar-refractivity contribution in [3.63, 3.8) is 0 Å². The number of nitrogens with zero attached hydrogens (tertiary/aromatic N) is 1. The minimum absolute atomic E-state index is 0.709. The second-order valence-corrected chi connectivity index (χ2v) is 14.8. The molecule has 0 atom stereocenters. The Bertz CT molecular complexity index is 700. The molecule has 1 saturated heterocycles. The van der Waals surface area contributed by atoms with Crippen LogP contribution in [0.5, 0.6) is 0 Å². The Balaban J connectivity index is 1.35. The predicted molar refractivity (Wildman–Crippen MR) is 119 cm³/mol. The number of rotatable bonds is 9. The highest BCUT2D eigenvalue weighted by Crippen LogP contribution is 2.23. The van der Waals surface area contributed by atoms with Gasteiger partial charge >= 0.3 is 0 Å². The first-order valence-electron chi connectivity index (χ1n) is 10.5. The fourth-order valence-electron chi connectivity index (χ4n) is 3.81. The number of nitrogens with one attached hydrogen (secondary N) is 1. The van der Waals surface area contributed by atoms with Crippen molar-refractivity contribution in [1.29, 1.82) is 0 Å². The Morgan fingerprint density at radius 3 is 2.56 bits per heavy atom. The van der Waals surface area contributed by atoms with E-state index in [2.05, 4.69) is 72.3 Å². The Morgan fingerprint density at radius 1 is 1.04 bits per heavy atom. The number of piperidine rings is 1. The Morgan fingerprint density at radius 2 is 1.78 bits per heavy atom. The van der Waals surface area contributed by atoms with Crippen molar-refractivity contribution in [3.8, 4) is 0 Å². The number of benzene rings is 2. The minimum atomic E-state index is -0.965. The van der Waals surface area contributed by atoms with E-state index in [-0.39, 0.29) is 0 Å². The van der Waals surface area contributed by atoms with Crippen molar-refractivity contribution in [2.75, 3.05) is 33.0 Å². The third kappa shape index (κ3) is 6.72. The zero-order valence-corrected chi connectivity index (χ0v) is 18.3. The van der Waals surface area contributed by atoms with Gasteiger partial charge in [-0.15, -0.1) is 0 Å². The normalized spacial score (nSPS) is 16.9. The lowest BCUT2D eigenvalue weighted by Gasteiger charge is -2.32. The van der Waals surface area contributed by atoms with Crippen LogP contribution in [0.25, 0.3) is 10.8 Å². The summed E-state index contributed by atoms with van der Waals surface area (Å²) in [5.74, 6) is 0.786. The molecule has 0 radical (unpaired) electrons. The highest BCUT2D eigenvalue weighted by Gasteiger charge is 2.19. The van der Waals surface area contributed by atoms with Crippen molar-refractivity contribution in [2.24, 2.45) is 5.92 Å². The molecule has 0 aliphatic carbocycles. The summed E-state index contributed by atoms with van der Waals surface area (Å²) in [7, 11) is -0.965. The van der Waals surface area contributed by atoms with Gasteiger partial charge in [-0.05, 0) is 54.2 Å². The number of ether oxygens (including phenoxy) is 1. The molecule has 1 aliphatic heterocycles. The molecule has 0 saturated carbocycles. The summed E-state index contributed by atoms with van der Waals surface area (Å²) in [6.45, 7) is 13.4. The van der Waals surface area contributed by atoms with Gasteiger partial charge in [-0.3, -0.25) is 10.2 Å². The molecule has 27 heavy (non-hydrogen) atoms. The number of fused-ring (bicyclic) bond motifs is 1. The molecule has 4 heteroatoms. The number of likely N-dealkylation sites (tertiary alicyclic amines) is 1. The Hall–Kier alpha value is -1.20. The summed E-state index contributed by atoms with van der Waals surface area (Å²) in [4.78, 5) is 2.61. The number of hydrogen-bond donors (Lipinski definition) is 1. The van der Waals surface area contributed by atoms with Crippen molar-refractivity contribution in [3.05, 3.63) is 48.0 Å². The second-order valence-electron chi connectivity index (χ2n) is 9.18. The van der Waals surface area contributed by atoms with Crippen LogP contribution in [-0.4, -0.2) is 45.9 Å².